The number of carbonyl (C=O) groups excluding carboxylic acids is 1. The molecule has 0 unspecified atom stereocenters. The van der Waals surface area contributed by atoms with E-state index in [-0.39, 0.29) is 0 Å². The monoisotopic (exact) mass is 312 g/mol. The second kappa shape index (κ2) is 6.03. The summed E-state index contributed by atoms with van der Waals surface area (Å²) in [6.45, 7) is 0. The standard InChI is InChI=1S/C17H13ClN2O2/c1-22-17(21)13-3-2-4-14-16(13)20-15(19-14)10-7-11-5-8-12(18)9-6-11/h2-10H,1H3,(H,19,20). The largest absolute Gasteiger partial charge is 0.465 e. The van der Waals surface area contributed by atoms with Crippen molar-refractivity contribution in [1.82, 2.24) is 9.97 Å². The minimum absolute atomic E-state index is 0.398. The van der Waals surface area contributed by atoms with Gasteiger partial charge in [0.2, 0.25) is 0 Å². The zero-order valence-corrected chi connectivity index (χ0v) is 12.6. The first kappa shape index (κ1) is 14.4. The zero-order chi connectivity index (χ0) is 15.5. The predicted molar refractivity (Wildman–Crippen MR) is 87.8 cm³/mol. The number of rotatable bonds is 3. The first-order valence-corrected chi connectivity index (χ1v) is 7.06. The van der Waals surface area contributed by atoms with Gasteiger partial charge >= 0.3 is 5.97 Å². The number of methoxy groups -OCH3 is 1. The van der Waals surface area contributed by atoms with Crippen LogP contribution in [0.1, 0.15) is 21.7 Å². The molecule has 0 spiro atoms. The first-order valence-electron chi connectivity index (χ1n) is 6.68. The van der Waals surface area contributed by atoms with Gasteiger partial charge in [-0.1, -0.05) is 35.9 Å². The fourth-order valence-corrected chi connectivity index (χ4v) is 2.28. The Morgan fingerprint density at radius 2 is 1.95 bits per heavy atom. The van der Waals surface area contributed by atoms with E-state index < -0.39 is 5.97 Å². The molecule has 0 aliphatic rings. The quantitative estimate of drug-likeness (QED) is 0.738. The summed E-state index contributed by atoms with van der Waals surface area (Å²) in [7, 11) is 1.36. The Balaban J connectivity index is 1.95. The molecule has 0 aliphatic carbocycles. The van der Waals surface area contributed by atoms with Gasteiger partial charge in [0.15, 0.2) is 0 Å². The Kier molecular flexibility index (Phi) is 3.94. The van der Waals surface area contributed by atoms with Crippen LogP contribution in [0.2, 0.25) is 5.02 Å². The van der Waals surface area contributed by atoms with Crippen molar-refractivity contribution in [3.05, 3.63) is 64.4 Å². The van der Waals surface area contributed by atoms with Gasteiger partial charge in [-0.2, -0.15) is 0 Å². The normalized spacial score (nSPS) is 11.2. The number of benzene rings is 2. The van der Waals surface area contributed by atoms with Gasteiger partial charge in [0.05, 0.1) is 18.2 Å². The Hall–Kier alpha value is -2.59. The van der Waals surface area contributed by atoms with Gasteiger partial charge in [-0.15, -0.1) is 0 Å². The maximum absolute atomic E-state index is 11.7. The highest BCUT2D eigenvalue weighted by molar-refractivity contribution is 6.30. The lowest BCUT2D eigenvalue weighted by Crippen LogP contribution is -2.01. The summed E-state index contributed by atoms with van der Waals surface area (Å²) in [5.41, 5.74) is 2.85. The molecule has 0 atom stereocenters. The summed E-state index contributed by atoms with van der Waals surface area (Å²) in [5, 5.41) is 0.698. The summed E-state index contributed by atoms with van der Waals surface area (Å²) in [6, 6.07) is 12.8. The minimum atomic E-state index is -0.398. The van der Waals surface area contributed by atoms with E-state index in [1.165, 1.54) is 7.11 Å². The third-order valence-corrected chi connectivity index (χ3v) is 3.49. The fraction of sp³-hybridized carbons (Fsp3) is 0.0588. The molecule has 1 heterocycles. The number of ether oxygens (including phenoxy) is 1. The molecule has 0 saturated carbocycles. The van der Waals surface area contributed by atoms with Gasteiger partial charge in [-0.05, 0) is 35.9 Å². The number of nitrogens with one attached hydrogen (secondary N) is 1. The number of aromatic nitrogens is 2. The molecule has 110 valence electrons. The van der Waals surface area contributed by atoms with Crippen LogP contribution in [0.25, 0.3) is 23.2 Å². The number of para-hydroxylation sites is 1. The predicted octanol–water partition coefficient (Wildman–Crippen LogP) is 4.17. The molecule has 5 heteroatoms. The summed E-state index contributed by atoms with van der Waals surface area (Å²) in [6.07, 6.45) is 3.77. The smallest absolute Gasteiger partial charge is 0.340 e. The molecule has 3 aromatic rings. The Labute approximate surface area is 132 Å². The molecule has 0 amide bonds. The van der Waals surface area contributed by atoms with Gasteiger partial charge in [0.25, 0.3) is 0 Å². The molecular weight excluding hydrogens is 300 g/mol. The number of hydrogen-bond acceptors (Lipinski definition) is 3. The number of H-pyrrole nitrogens is 1. The van der Waals surface area contributed by atoms with Crippen molar-refractivity contribution in [3.63, 3.8) is 0 Å². The lowest BCUT2D eigenvalue weighted by Gasteiger charge is -1.98. The number of esters is 1. The molecule has 0 bridgehead atoms. The van der Waals surface area contributed by atoms with E-state index in [2.05, 4.69) is 9.97 Å². The number of fused-ring (bicyclic) bond motifs is 1. The van der Waals surface area contributed by atoms with E-state index in [1.807, 2.05) is 42.5 Å². The molecule has 22 heavy (non-hydrogen) atoms. The van der Waals surface area contributed by atoms with E-state index in [0.29, 0.717) is 21.9 Å². The molecule has 0 radical (unpaired) electrons. The second-order valence-electron chi connectivity index (χ2n) is 4.70. The highest BCUT2D eigenvalue weighted by Crippen LogP contribution is 2.19. The highest BCUT2D eigenvalue weighted by Gasteiger charge is 2.12. The Morgan fingerprint density at radius 3 is 2.68 bits per heavy atom. The van der Waals surface area contributed by atoms with E-state index in [0.717, 1.165) is 11.1 Å². The van der Waals surface area contributed by atoms with Crippen LogP contribution >= 0.6 is 11.6 Å². The number of imidazole rings is 1. The van der Waals surface area contributed by atoms with Gasteiger partial charge in [0.1, 0.15) is 11.3 Å². The lowest BCUT2D eigenvalue weighted by molar-refractivity contribution is 0.0603. The number of aromatic amines is 1. The van der Waals surface area contributed by atoms with Crippen LogP contribution in [0, 0.1) is 0 Å². The van der Waals surface area contributed by atoms with E-state index in [4.69, 9.17) is 16.3 Å². The first-order chi connectivity index (χ1) is 10.7. The minimum Gasteiger partial charge on any atom is -0.465 e. The van der Waals surface area contributed by atoms with Crippen molar-refractivity contribution in [1.29, 1.82) is 0 Å². The summed E-state index contributed by atoms with van der Waals surface area (Å²) in [5.74, 6) is 0.270. The maximum atomic E-state index is 11.7. The van der Waals surface area contributed by atoms with Crippen molar-refractivity contribution >= 4 is 40.8 Å². The van der Waals surface area contributed by atoms with Gasteiger partial charge in [-0.25, -0.2) is 9.78 Å². The van der Waals surface area contributed by atoms with Crippen LogP contribution in [0.15, 0.2) is 42.5 Å². The fourth-order valence-electron chi connectivity index (χ4n) is 2.15. The van der Waals surface area contributed by atoms with Gasteiger partial charge < -0.3 is 9.72 Å². The molecule has 1 aromatic heterocycles. The molecule has 0 fully saturated rings. The van der Waals surface area contributed by atoms with Crippen LogP contribution in [-0.4, -0.2) is 23.0 Å². The molecular formula is C17H13ClN2O2. The molecule has 1 N–H and O–H groups in total. The molecule has 3 rings (SSSR count). The van der Waals surface area contributed by atoms with Crippen molar-refractivity contribution in [2.75, 3.05) is 7.11 Å². The third-order valence-electron chi connectivity index (χ3n) is 3.24. The van der Waals surface area contributed by atoms with Crippen molar-refractivity contribution in [2.45, 2.75) is 0 Å². The SMILES string of the molecule is COC(=O)c1cccc2[nH]c(C=Cc3ccc(Cl)cc3)nc12. The number of nitrogens with zero attached hydrogens (tertiary/aromatic N) is 1. The van der Waals surface area contributed by atoms with Crippen LogP contribution in [0.3, 0.4) is 0 Å². The maximum Gasteiger partial charge on any atom is 0.340 e. The third kappa shape index (κ3) is 2.87. The van der Waals surface area contributed by atoms with E-state index >= 15 is 0 Å². The summed E-state index contributed by atoms with van der Waals surface area (Å²) < 4.78 is 4.77. The Morgan fingerprint density at radius 1 is 1.18 bits per heavy atom. The summed E-state index contributed by atoms with van der Waals surface area (Å²) in [4.78, 5) is 19.4. The Bertz CT molecular complexity index is 851. The van der Waals surface area contributed by atoms with Gasteiger partial charge in [-0.3, -0.25) is 0 Å². The van der Waals surface area contributed by atoms with Crippen molar-refractivity contribution < 1.29 is 9.53 Å². The molecule has 0 saturated heterocycles. The second-order valence-corrected chi connectivity index (χ2v) is 5.14. The van der Waals surface area contributed by atoms with E-state index in [9.17, 15) is 4.79 Å². The average Bonchev–Trinajstić information content (AvgIpc) is 2.96. The highest BCUT2D eigenvalue weighted by atomic mass is 35.5. The lowest BCUT2D eigenvalue weighted by atomic mass is 10.2. The average molecular weight is 313 g/mol. The zero-order valence-electron chi connectivity index (χ0n) is 11.8. The van der Waals surface area contributed by atoms with Crippen LogP contribution in [0.4, 0.5) is 0 Å². The number of hydrogen-bond donors (Lipinski definition) is 1. The van der Waals surface area contributed by atoms with Crippen LogP contribution in [0.5, 0.6) is 0 Å². The molecule has 2 aromatic carbocycles. The molecule has 4 nitrogen and oxygen atoms in total. The van der Waals surface area contributed by atoms with Crippen LogP contribution < -0.4 is 0 Å². The number of carbonyl (C=O) groups is 1. The van der Waals surface area contributed by atoms with E-state index in [1.54, 1.807) is 12.1 Å². The molecule has 0 aliphatic heterocycles. The summed E-state index contributed by atoms with van der Waals surface area (Å²) >= 11 is 5.86. The topological polar surface area (TPSA) is 55.0 Å². The van der Waals surface area contributed by atoms with Crippen molar-refractivity contribution in [2.24, 2.45) is 0 Å². The van der Waals surface area contributed by atoms with Crippen molar-refractivity contribution in [3.8, 4) is 0 Å². The van der Waals surface area contributed by atoms with Crippen LogP contribution in [-0.2, 0) is 4.74 Å². The number of halogens is 1. The van der Waals surface area contributed by atoms with Gasteiger partial charge in [0, 0.05) is 5.02 Å².